The van der Waals surface area contributed by atoms with Crippen molar-refractivity contribution in [1.82, 2.24) is 15.1 Å². The summed E-state index contributed by atoms with van der Waals surface area (Å²) in [5, 5.41) is 25.9. The van der Waals surface area contributed by atoms with Crippen molar-refractivity contribution in [2.45, 2.75) is 38.5 Å². The lowest BCUT2D eigenvalue weighted by Crippen LogP contribution is -2.27. The van der Waals surface area contributed by atoms with Gasteiger partial charge in [-0.3, -0.25) is 4.68 Å². The molecule has 2 rings (SSSR count). The van der Waals surface area contributed by atoms with Crippen LogP contribution >= 0.6 is 0 Å². The van der Waals surface area contributed by atoms with Crippen LogP contribution in [0.4, 0.5) is 0 Å². The Bertz CT molecular complexity index is 340. The molecule has 1 fully saturated rings. The maximum absolute atomic E-state index is 9.68. The van der Waals surface area contributed by atoms with Crippen LogP contribution in [0.5, 0.6) is 0 Å². The van der Waals surface area contributed by atoms with Gasteiger partial charge in [-0.2, -0.15) is 5.10 Å². The number of hydrogen-bond donors (Lipinski definition) is 3. The van der Waals surface area contributed by atoms with Crippen molar-refractivity contribution >= 4 is 0 Å². The zero-order valence-corrected chi connectivity index (χ0v) is 10.0. The first-order valence-electron chi connectivity index (χ1n) is 6.30. The molecule has 1 aromatic heterocycles. The highest BCUT2D eigenvalue weighted by molar-refractivity contribution is 5.03. The molecule has 0 saturated heterocycles. The summed E-state index contributed by atoms with van der Waals surface area (Å²) >= 11 is 0. The van der Waals surface area contributed by atoms with E-state index < -0.39 is 0 Å². The van der Waals surface area contributed by atoms with Gasteiger partial charge in [-0.15, -0.1) is 0 Å². The minimum atomic E-state index is -0.125. The maximum Gasteiger partial charge on any atom is 0.0640 e. The topological polar surface area (TPSA) is 70.3 Å². The first kappa shape index (κ1) is 12.5. The second-order valence-corrected chi connectivity index (χ2v) is 4.72. The average molecular weight is 239 g/mol. The molecule has 3 N–H and O–H groups in total. The standard InChI is InChI=1S/C12H21N3O2/c16-5-4-15-9-10(7-14-15)6-13-8-11-2-1-3-12(11)17/h7,9,11-13,16-17H,1-6,8H2. The molecule has 0 aliphatic heterocycles. The highest BCUT2D eigenvalue weighted by atomic mass is 16.3. The fraction of sp³-hybridized carbons (Fsp3) is 0.750. The van der Waals surface area contributed by atoms with Gasteiger partial charge in [-0.1, -0.05) is 6.42 Å². The van der Waals surface area contributed by atoms with Gasteiger partial charge in [0.25, 0.3) is 0 Å². The third-order valence-corrected chi connectivity index (χ3v) is 3.37. The molecule has 1 heterocycles. The van der Waals surface area contributed by atoms with Gasteiger partial charge in [0, 0.05) is 24.8 Å². The number of aromatic nitrogens is 2. The van der Waals surface area contributed by atoms with Crippen LogP contribution in [0.25, 0.3) is 0 Å². The van der Waals surface area contributed by atoms with Crippen LogP contribution in [0.1, 0.15) is 24.8 Å². The molecule has 2 unspecified atom stereocenters. The van der Waals surface area contributed by atoms with Gasteiger partial charge in [0.2, 0.25) is 0 Å². The molecule has 96 valence electrons. The quantitative estimate of drug-likeness (QED) is 0.660. The van der Waals surface area contributed by atoms with Crippen LogP contribution in [0.2, 0.25) is 0 Å². The van der Waals surface area contributed by atoms with E-state index in [1.807, 2.05) is 12.4 Å². The summed E-state index contributed by atoms with van der Waals surface area (Å²) in [6.07, 6.45) is 6.84. The number of hydrogen-bond acceptors (Lipinski definition) is 4. The van der Waals surface area contributed by atoms with Crippen LogP contribution in [0.15, 0.2) is 12.4 Å². The molecule has 0 amide bonds. The second kappa shape index (κ2) is 6.14. The van der Waals surface area contributed by atoms with Crippen molar-refractivity contribution in [3.05, 3.63) is 18.0 Å². The van der Waals surface area contributed by atoms with Crippen molar-refractivity contribution in [1.29, 1.82) is 0 Å². The fourth-order valence-corrected chi connectivity index (χ4v) is 2.38. The molecule has 1 aliphatic carbocycles. The Balaban J connectivity index is 1.70. The molecule has 1 aliphatic rings. The summed E-state index contributed by atoms with van der Waals surface area (Å²) in [6, 6.07) is 0. The smallest absolute Gasteiger partial charge is 0.0640 e. The average Bonchev–Trinajstić information content (AvgIpc) is 2.90. The first-order valence-corrected chi connectivity index (χ1v) is 6.30. The van der Waals surface area contributed by atoms with E-state index in [4.69, 9.17) is 5.11 Å². The Morgan fingerprint density at radius 3 is 3.06 bits per heavy atom. The van der Waals surface area contributed by atoms with E-state index in [-0.39, 0.29) is 12.7 Å². The Morgan fingerprint density at radius 2 is 2.35 bits per heavy atom. The zero-order chi connectivity index (χ0) is 12.1. The molecule has 0 bridgehead atoms. The molecule has 2 atom stereocenters. The van der Waals surface area contributed by atoms with E-state index in [0.717, 1.165) is 37.9 Å². The number of aliphatic hydroxyl groups is 2. The summed E-state index contributed by atoms with van der Waals surface area (Å²) in [7, 11) is 0. The maximum atomic E-state index is 9.68. The Kier molecular flexibility index (Phi) is 4.53. The molecule has 17 heavy (non-hydrogen) atoms. The van der Waals surface area contributed by atoms with Gasteiger partial charge in [-0.25, -0.2) is 0 Å². The van der Waals surface area contributed by atoms with Gasteiger partial charge < -0.3 is 15.5 Å². The zero-order valence-electron chi connectivity index (χ0n) is 10.0. The minimum Gasteiger partial charge on any atom is -0.394 e. The second-order valence-electron chi connectivity index (χ2n) is 4.72. The van der Waals surface area contributed by atoms with E-state index in [1.165, 1.54) is 0 Å². The molecule has 0 radical (unpaired) electrons. The van der Waals surface area contributed by atoms with Crippen LogP contribution in [0, 0.1) is 5.92 Å². The van der Waals surface area contributed by atoms with Crippen molar-refractivity contribution in [3.8, 4) is 0 Å². The Labute approximate surface area is 101 Å². The third-order valence-electron chi connectivity index (χ3n) is 3.37. The molecular formula is C12H21N3O2. The van der Waals surface area contributed by atoms with Crippen molar-refractivity contribution < 1.29 is 10.2 Å². The largest absolute Gasteiger partial charge is 0.394 e. The van der Waals surface area contributed by atoms with Gasteiger partial charge in [0.15, 0.2) is 0 Å². The van der Waals surface area contributed by atoms with Gasteiger partial charge >= 0.3 is 0 Å². The lowest BCUT2D eigenvalue weighted by Gasteiger charge is -2.14. The summed E-state index contributed by atoms with van der Waals surface area (Å²) in [5.41, 5.74) is 1.12. The van der Waals surface area contributed by atoms with Crippen molar-refractivity contribution in [3.63, 3.8) is 0 Å². The molecule has 5 heteroatoms. The molecule has 0 aromatic carbocycles. The van der Waals surface area contributed by atoms with Crippen LogP contribution in [-0.4, -0.2) is 39.2 Å². The summed E-state index contributed by atoms with van der Waals surface area (Å²) in [4.78, 5) is 0. The number of rotatable bonds is 6. The SMILES string of the molecule is OCCn1cc(CNCC2CCCC2O)cn1. The highest BCUT2D eigenvalue weighted by Crippen LogP contribution is 2.24. The van der Waals surface area contributed by atoms with Gasteiger partial charge in [0.1, 0.15) is 0 Å². The van der Waals surface area contributed by atoms with E-state index in [1.54, 1.807) is 4.68 Å². The Hall–Kier alpha value is -0.910. The van der Waals surface area contributed by atoms with Crippen LogP contribution < -0.4 is 5.32 Å². The summed E-state index contributed by atoms with van der Waals surface area (Å²) < 4.78 is 1.74. The lowest BCUT2D eigenvalue weighted by atomic mass is 10.1. The van der Waals surface area contributed by atoms with E-state index in [9.17, 15) is 5.11 Å². The highest BCUT2D eigenvalue weighted by Gasteiger charge is 2.24. The lowest BCUT2D eigenvalue weighted by molar-refractivity contribution is 0.131. The molecule has 1 aromatic rings. The van der Waals surface area contributed by atoms with Gasteiger partial charge in [0.05, 0.1) is 25.5 Å². The molecule has 0 spiro atoms. The molecular weight excluding hydrogens is 218 g/mol. The van der Waals surface area contributed by atoms with E-state index in [2.05, 4.69) is 10.4 Å². The fourth-order valence-electron chi connectivity index (χ4n) is 2.38. The van der Waals surface area contributed by atoms with E-state index in [0.29, 0.717) is 12.5 Å². The van der Waals surface area contributed by atoms with Crippen LogP contribution in [-0.2, 0) is 13.1 Å². The number of nitrogens with zero attached hydrogens (tertiary/aromatic N) is 2. The molecule has 5 nitrogen and oxygen atoms in total. The molecule has 1 saturated carbocycles. The monoisotopic (exact) mass is 239 g/mol. The van der Waals surface area contributed by atoms with E-state index >= 15 is 0 Å². The number of nitrogens with one attached hydrogen (secondary N) is 1. The van der Waals surface area contributed by atoms with Crippen molar-refractivity contribution in [2.75, 3.05) is 13.2 Å². The first-order chi connectivity index (χ1) is 8.29. The minimum absolute atomic E-state index is 0.114. The summed E-state index contributed by atoms with van der Waals surface area (Å²) in [6.45, 7) is 2.30. The summed E-state index contributed by atoms with van der Waals surface area (Å²) in [5.74, 6) is 0.405. The van der Waals surface area contributed by atoms with Crippen molar-refractivity contribution in [2.24, 2.45) is 5.92 Å². The van der Waals surface area contributed by atoms with Gasteiger partial charge in [-0.05, 0) is 18.8 Å². The normalized spacial score (nSPS) is 24.4. The van der Waals surface area contributed by atoms with Crippen LogP contribution in [0.3, 0.4) is 0 Å². The number of aliphatic hydroxyl groups excluding tert-OH is 2. The Morgan fingerprint density at radius 1 is 1.47 bits per heavy atom. The predicted molar refractivity (Wildman–Crippen MR) is 64.4 cm³/mol. The predicted octanol–water partition coefficient (Wildman–Crippen LogP) is 0.126. The third kappa shape index (κ3) is 3.52.